The molecule has 1 amide bonds. The Morgan fingerprint density at radius 2 is 2.36 bits per heavy atom. The van der Waals surface area contributed by atoms with E-state index in [1.54, 1.807) is 6.92 Å². The number of nitrogens with two attached hydrogens (primary N) is 2. The number of hydrogen-bond acceptors (Lipinski definition) is 5. The van der Waals surface area contributed by atoms with E-state index in [2.05, 4.69) is 21.9 Å². The highest BCUT2D eigenvalue weighted by molar-refractivity contribution is 6.43. The topological polar surface area (TPSA) is 106 Å². The molecular formula is C8H11N5O. The van der Waals surface area contributed by atoms with Gasteiger partial charge in [-0.15, -0.1) is 0 Å². The largest absolute Gasteiger partial charge is 0.403 e. The lowest BCUT2D eigenvalue weighted by atomic mass is 10.3. The molecule has 0 aromatic carbocycles. The van der Waals surface area contributed by atoms with E-state index < -0.39 is 0 Å². The van der Waals surface area contributed by atoms with Gasteiger partial charge in [0.2, 0.25) is 0 Å². The predicted octanol–water partition coefficient (Wildman–Crippen LogP) is -0.794. The summed E-state index contributed by atoms with van der Waals surface area (Å²) in [4.78, 5) is 18.9. The third-order valence-electron chi connectivity index (χ3n) is 1.50. The zero-order valence-electron chi connectivity index (χ0n) is 7.74. The van der Waals surface area contributed by atoms with Crippen molar-refractivity contribution in [2.24, 2.45) is 21.5 Å². The van der Waals surface area contributed by atoms with Crippen molar-refractivity contribution in [1.82, 2.24) is 5.32 Å². The molecule has 0 saturated heterocycles. The molecule has 0 saturated carbocycles. The van der Waals surface area contributed by atoms with E-state index in [4.69, 9.17) is 11.5 Å². The van der Waals surface area contributed by atoms with E-state index in [1.165, 1.54) is 6.20 Å². The van der Waals surface area contributed by atoms with Crippen LogP contribution in [0.1, 0.15) is 6.92 Å². The van der Waals surface area contributed by atoms with Crippen LogP contribution in [-0.2, 0) is 4.79 Å². The number of carbonyl (C=O) groups excluding carboxylic acids is 1. The van der Waals surface area contributed by atoms with Gasteiger partial charge in [0.05, 0.1) is 0 Å². The first kappa shape index (κ1) is 9.97. The maximum absolute atomic E-state index is 11.2. The zero-order chi connectivity index (χ0) is 10.7. The van der Waals surface area contributed by atoms with Gasteiger partial charge in [-0.2, -0.15) is 0 Å². The monoisotopic (exact) mass is 193 g/mol. The second kappa shape index (κ2) is 3.73. The summed E-state index contributed by atoms with van der Waals surface area (Å²) in [7, 11) is 0. The number of aliphatic imine (C=N–C) groups is 2. The molecule has 1 rings (SSSR count). The van der Waals surface area contributed by atoms with Crippen molar-refractivity contribution >= 4 is 17.5 Å². The predicted molar refractivity (Wildman–Crippen MR) is 54.3 cm³/mol. The molecule has 5 N–H and O–H groups in total. The molecular weight excluding hydrogens is 182 g/mol. The summed E-state index contributed by atoms with van der Waals surface area (Å²) in [6, 6.07) is 0. The van der Waals surface area contributed by atoms with Crippen molar-refractivity contribution in [3.63, 3.8) is 0 Å². The Morgan fingerprint density at radius 3 is 2.86 bits per heavy atom. The van der Waals surface area contributed by atoms with Crippen LogP contribution in [0.4, 0.5) is 0 Å². The summed E-state index contributed by atoms with van der Waals surface area (Å²) in [5.74, 6) is -0.0272. The molecule has 0 atom stereocenters. The Balaban J connectivity index is 3.12. The van der Waals surface area contributed by atoms with E-state index in [1.807, 2.05) is 0 Å². The minimum absolute atomic E-state index is 0.0782. The van der Waals surface area contributed by atoms with Gasteiger partial charge >= 0.3 is 0 Å². The number of carbonyl (C=O) groups is 1. The molecule has 0 aliphatic carbocycles. The van der Waals surface area contributed by atoms with Gasteiger partial charge in [-0.25, -0.2) is 9.98 Å². The summed E-state index contributed by atoms with van der Waals surface area (Å²) in [6.07, 6.45) is 1.24. The summed E-state index contributed by atoms with van der Waals surface area (Å²) in [5.41, 5.74) is 11.3. The maximum Gasteiger partial charge on any atom is 0.270 e. The molecule has 1 aliphatic rings. The molecule has 1 aliphatic heterocycles. The van der Waals surface area contributed by atoms with Gasteiger partial charge in [-0.3, -0.25) is 4.79 Å². The highest BCUT2D eigenvalue weighted by atomic mass is 16.2. The Morgan fingerprint density at radius 1 is 1.71 bits per heavy atom. The molecule has 0 aromatic rings. The second-order valence-electron chi connectivity index (χ2n) is 2.65. The Bertz CT molecular complexity index is 377. The quantitative estimate of drug-likeness (QED) is 0.507. The molecule has 14 heavy (non-hydrogen) atoms. The minimum Gasteiger partial charge on any atom is -0.403 e. The molecule has 0 radical (unpaired) electrons. The smallest absolute Gasteiger partial charge is 0.270 e. The van der Waals surface area contributed by atoms with Crippen LogP contribution in [0.3, 0.4) is 0 Å². The van der Waals surface area contributed by atoms with Crippen molar-refractivity contribution in [2.75, 3.05) is 0 Å². The van der Waals surface area contributed by atoms with Crippen LogP contribution in [-0.4, -0.2) is 17.5 Å². The number of rotatable bonds is 1. The molecule has 0 spiro atoms. The van der Waals surface area contributed by atoms with Gasteiger partial charge in [-0.05, 0) is 6.92 Å². The lowest BCUT2D eigenvalue weighted by Gasteiger charge is -2.14. The zero-order valence-corrected chi connectivity index (χ0v) is 7.74. The first-order valence-electron chi connectivity index (χ1n) is 3.86. The number of amidine groups is 1. The fourth-order valence-corrected chi connectivity index (χ4v) is 0.891. The molecule has 0 unspecified atom stereocenters. The molecule has 74 valence electrons. The lowest BCUT2D eigenvalue weighted by Crippen LogP contribution is -2.40. The van der Waals surface area contributed by atoms with Crippen LogP contribution in [0.2, 0.25) is 0 Å². The summed E-state index contributed by atoms with van der Waals surface area (Å²) in [6.45, 7) is 4.96. The summed E-state index contributed by atoms with van der Waals surface area (Å²) < 4.78 is 0. The van der Waals surface area contributed by atoms with Gasteiger partial charge in [0.15, 0.2) is 5.84 Å². The minimum atomic E-state index is -0.324. The fraction of sp³-hybridized carbons (Fsp3) is 0.125. The van der Waals surface area contributed by atoms with E-state index in [0.717, 1.165) is 0 Å². The van der Waals surface area contributed by atoms with Gasteiger partial charge < -0.3 is 16.8 Å². The number of nitrogens with one attached hydrogen (secondary N) is 1. The normalized spacial score (nSPS) is 22.1. The highest BCUT2D eigenvalue weighted by Gasteiger charge is 2.19. The summed E-state index contributed by atoms with van der Waals surface area (Å²) >= 11 is 0. The van der Waals surface area contributed by atoms with Crippen molar-refractivity contribution in [1.29, 1.82) is 0 Å². The SMILES string of the molecule is C=C(N)/N=C1/NC(=O)C(C)=N/C1=C/N. The van der Waals surface area contributed by atoms with Gasteiger partial charge in [0.1, 0.15) is 17.2 Å². The van der Waals surface area contributed by atoms with E-state index in [-0.39, 0.29) is 17.6 Å². The highest BCUT2D eigenvalue weighted by Crippen LogP contribution is 2.04. The number of nitrogens with zero attached hydrogens (tertiary/aromatic N) is 2. The molecule has 0 bridgehead atoms. The number of amides is 1. The van der Waals surface area contributed by atoms with Gasteiger partial charge in [0.25, 0.3) is 5.91 Å². The van der Waals surface area contributed by atoms with Crippen LogP contribution in [0.15, 0.2) is 34.3 Å². The van der Waals surface area contributed by atoms with Gasteiger partial charge in [0, 0.05) is 6.20 Å². The first-order valence-corrected chi connectivity index (χ1v) is 3.86. The number of hydrogen-bond donors (Lipinski definition) is 3. The van der Waals surface area contributed by atoms with E-state index in [0.29, 0.717) is 11.4 Å². The Kier molecular flexibility index (Phi) is 2.66. The third kappa shape index (κ3) is 1.98. The average Bonchev–Trinajstić information content (AvgIpc) is 2.10. The van der Waals surface area contributed by atoms with Crippen LogP contribution in [0, 0.1) is 0 Å². The molecule has 0 fully saturated rings. The van der Waals surface area contributed by atoms with Gasteiger partial charge in [-0.1, -0.05) is 6.58 Å². The molecule has 6 nitrogen and oxygen atoms in total. The maximum atomic E-state index is 11.2. The average molecular weight is 193 g/mol. The third-order valence-corrected chi connectivity index (χ3v) is 1.50. The van der Waals surface area contributed by atoms with Crippen molar-refractivity contribution < 1.29 is 4.79 Å². The molecule has 6 heteroatoms. The molecule has 0 aromatic heterocycles. The van der Waals surface area contributed by atoms with E-state index >= 15 is 0 Å². The second-order valence-corrected chi connectivity index (χ2v) is 2.65. The van der Waals surface area contributed by atoms with Crippen LogP contribution >= 0.6 is 0 Å². The Labute approximate surface area is 81.1 Å². The standard InChI is InChI=1S/C8H11N5O/c1-4-8(14)13-7(12-5(2)10)6(3-9)11-4/h3H,2,9-10H2,1H3,(H,12,13,14)/b6-3+. The Hall–Kier alpha value is -2.11. The van der Waals surface area contributed by atoms with Crippen molar-refractivity contribution in [3.8, 4) is 0 Å². The van der Waals surface area contributed by atoms with Crippen molar-refractivity contribution in [3.05, 3.63) is 24.3 Å². The fourth-order valence-electron chi connectivity index (χ4n) is 0.891. The van der Waals surface area contributed by atoms with Crippen molar-refractivity contribution in [2.45, 2.75) is 6.92 Å². The summed E-state index contributed by atoms with van der Waals surface area (Å²) in [5, 5.41) is 2.49. The van der Waals surface area contributed by atoms with Crippen LogP contribution < -0.4 is 16.8 Å². The first-order chi connectivity index (χ1) is 6.54. The lowest BCUT2D eigenvalue weighted by molar-refractivity contribution is -0.113. The van der Waals surface area contributed by atoms with E-state index in [9.17, 15) is 4.79 Å². The van der Waals surface area contributed by atoms with Crippen LogP contribution in [0.5, 0.6) is 0 Å². The van der Waals surface area contributed by atoms with Crippen LogP contribution in [0.25, 0.3) is 0 Å². The molecule has 1 heterocycles.